The predicted molar refractivity (Wildman–Crippen MR) is 70.1 cm³/mol. The van der Waals surface area contributed by atoms with Crippen LogP contribution in [0.15, 0.2) is 18.3 Å². The fourth-order valence-corrected chi connectivity index (χ4v) is 1.45. The molecule has 3 N–H and O–H groups in total. The van der Waals surface area contributed by atoms with Crippen LogP contribution in [0.3, 0.4) is 0 Å². The maximum absolute atomic E-state index is 11.4. The Kier molecular flexibility index (Phi) is 4.90. The minimum Gasteiger partial charge on any atom is -0.357 e. The number of carbonyl (C=O) groups is 1. The van der Waals surface area contributed by atoms with Gasteiger partial charge in [0.2, 0.25) is 5.91 Å². The van der Waals surface area contributed by atoms with Crippen molar-refractivity contribution in [3.05, 3.63) is 18.3 Å². The smallest absolute Gasteiger partial charge is 0.241 e. The number of pyridine rings is 1. The molecule has 1 atom stereocenters. The van der Waals surface area contributed by atoms with Gasteiger partial charge in [0.1, 0.15) is 5.82 Å². The Morgan fingerprint density at radius 2 is 2.12 bits per heavy atom. The quantitative estimate of drug-likeness (QED) is 0.806. The molecule has 94 valence electrons. The number of nitrogens with two attached hydrogens (primary N) is 1. The van der Waals surface area contributed by atoms with Crippen molar-refractivity contribution in [3.63, 3.8) is 0 Å². The lowest BCUT2D eigenvalue weighted by Crippen LogP contribution is -2.32. The zero-order valence-corrected chi connectivity index (χ0v) is 10.6. The van der Waals surface area contributed by atoms with Gasteiger partial charge < -0.3 is 16.0 Å². The average Bonchev–Trinajstić information content (AvgIpc) is 2.32. The van der Waals surface area contributed by atoms with E-state index in [1.54, 1.807) is 13.1 Å². The van der Waals surface area contributed by atoms with Crippen LogP contribution in [-0.2, 0) is 4.79 Å². The number of rotatable bonds is 5. The summed E-state index contributed by atoms with van der Waals surface area (Å²) in [5.74, 6) is 0.705. The third-order valence-electron chi connectivity index (χ3n) is 2.52. The van der Waals surface area contributed by atoms with E-state index in [0.717, 1.165) is 18.9 Å². The standard InChI is InChI=1S/C12H20N4O/c1-4-16(5-2)11-7-6-10(8-14-11)15-12(17)9(3)13/h6-9H,4-5,13H2,1-3H3,(H,15,17)/t9-/m1/s1. The van der Waals surface area contributed by atoms with E-state index in [9.17, 15) is 4.79 Å². The summed E-state index contributed by atoms with van der Waals surface area (Å²) in [4.78, 5) is 17.8. The molecule has 1 aromatic rings. The number of hydrogen-bond acceptors (Lipinski definition) is 4. The third-order valence-corrected chi connectivity index (χ3v) is 2.52. The number of hydrogen-bond donors (Lipinski definition) is 2. The summed E-state index contributed by atoms with van der Waals surface area (Å²) in [6, 6.07) is 3.21. The van der Waals surface area contributed by atoms with Gasteiger partial charge in [-0.05, 0) is 32.9 Å². The minimum absolute atomic E-state index is 0.206. The van der Waals surface area contributed by atoms with E-state index in [4.69, 9.17) is 5.73 Å². The lowest BCUT2D eigenvalue weighted by atomic mass is 10.3. The van der Waals surface area contributed by atoms with Crippen LogP contribution in [0.1, 0.15) is 20.8 Å². The molecule has 17 heavy (non-hydrogen) atoms. The molecule has 0 aliphatic rings. The second-order valence-corrected chi connectivity index (χ2v) is 3.86. The number of aromatic nitrogens is 1. The van der Waals surface area contributed by atoms with Crippen molar-refractivity contribution >= 4 is 17.4 Å². The molecule has 0 fully saturated rings. The number of anilines is 2. The highest BCUT2D eigenvalue weighted by Gasteiger charge is 2.08. The second kappa shape index (κ2) is 6.20. The Bertz CT molecular complexity index is 357. The van der Waals surface area contributed by atoms with E-state index in [0.29, 0.717) is 5.69 Å². The number of nitrogens with one attached hydrogen (secondary N) is 1. The molecule has 0 unspecified atom stereocenters. The van der Waals surface area contributed by atoms with E-state index in [2.05, 4.69) is 29.0 Å². The Hall–Kier alpha value is -1.62. The molecule has 1 rings (SSSR count). The van der Waals surface area contributed by atoms with Crippen molar-refractivity contribution in [2.24, 2.45) is 5.73 Å². The van der Waals surface area contributed by atoms with Crippen LogP contribution in [0.5, 0.6) is 0 Å². The van der Waals surface area contributed by atoms with Crippen LogP contribution >= 0.6 is 0 Å². The van der Waals surface area contributed by atoms with Gasteiger partial charge in [0.25, 0.3) is 0 Å². The summed E-state index contributed by atoms with van der Waals surface area (Å²) in [6.45, 7) is 7.63. The van der Waals surface area contributed by atoms with E-state index in [-0.39, 0.29) is 5.91 Å². The molecule has 0 bridgehead atoms. The Morgan fingerprint density at radius 1 is 1.47 bits per heavy atom. The van der Waals surface area contributed by atoms with Gasteiger partial charge in [0.05, 0.1) is 17.9 Å². The monoisotopic (exact) mass is 236 g/mol. The molecule has 5 nitrogen and oxygen atoms in total. The maximum atomic E-state index is 11.4. The zero-order chi connectivity index (χ0) is 12.8. The van der Waals surface area contributed by atoms with Gasteiger partial charge >= 0.3 is 0 Å². The Labute approximate surface area is 102 Å². The molecule has 0 saturated heterocycles. The molecule has 1 aromatic heterocycles. The topological polar surface area (TPSA) is 71.2 Å². The van der Waals surface area contributed by atoms with Crippen molar-refractivity contribution in [3.8, 4) is 0 Å². The van der Waals surface area contributed by atoms with Gasteiger partial charge in [0.15, 0.2) is 0 Å². The molecule has 1 heterocycles. The van der Waals surface area contributed by atoms with Crippen LogP contribution < -0.4 is 16.0 Å². The van der Waals surface area contributed by atoms with Crippen molar-refractivity contribution < 1.29 is 4.79 Å². The van der Waals surface area contributed by atoms with Gasteiger partial charge in [-0.15, -0.1) is 0 Å². The van der Waals surface area contributed by atoms with Crippen molar-refractivity contribution in [2.75, 3.05) is 23.3 Å². The van der Waals surface area contributed by atoms with Crippen molar-refractivity contribution in [1.82, 2.24) is 4.98 Å². The zero-order valence-electron chi connectivity index (χ0n) is 10.6. The summed E-state index contributed by atoms with van der Waals surface area (Å²) in [5.41, 5.74) is 6.13. The summed E-state index contributed by atoms with van der Waals surface area (Å²) in [6.07, 6.45) is 1.65. The first-order valence-electron chi connectivity index (χ1n) is 5.85. The largest absolute Gasteiger partial charge is 0.357 e. The minimum atomic E-state index is -0.516. The summed E-state index contributed by atoms with van der Waals surface area (Å²) >= 11 is 0. The molecule has 0 spiro atoms. The fraction of sp³-hybridized carbons (Fsp3) is 0.500. The molecular weight excluding hydrogens is 216 g/mol. The molecule has 0 radical (unpaired) electrons. The van der Waals surface area contributed by atoms with Crippen molar-refractivity contribution in [1.29, 1.82) is 0 Å². The number of amides is 1. The number of carbonyl (C=O) groups excluding carboxylic acids is 1. The first kappa shape index (κ1) is 13.4. The molecular formula is C12H20N4O. The normalized spacial score (nSPS) is 12.0. The SMILES string of the molecule is CCN(CC)c1ccc(NC(=O)[C@@H](C)N)cn1. The highest BCUT2D eigenvalue weighted by atomic mass is 16.2. The van der Waals surface area contributed by atoms with Gasteiger partial charge in [-0.25, -0.2) is 4.98 Å². The summed E-state index contributed by atoms with van der Waals surface area (Å²) < 4.78 is 0. The van der Waals surface area contributed by atoms with Gasteiger partial charge in [0, 0.05) is 13.1 Å². The Morgan fingerprint density at radius 3 is 2.53 bits per heavy atom. The van der Waals surface area contributed by atoms with Crippen LogP contribution in [0.2, 0.25) is 0 Å². The average molecular weight is 236 g/mol. The first-order valence-corrected chi connectivity index (χ1v) is 5.85. The van der Waals surface area contributed by atoms with E-state index >= 15 is 0 Å². The van der Waals surface area contributed by atoms with Crippen LogP contribution in [0.4, 0.5) is 11.5 Å². The lowest BCUT2D eigenvalue weighted by Gasteiger charge is -2.19. The van der Waals surface area contributed by atoms with Crippen LogP contribution in [-0.4, -0.2) is 30.0 Å². The van der Waals surface area contributed by atoms with Crippen LogP contribution in [0, 0.1) is 0 Å². The molecule has 5 heteroatoms. The summed E-state index contributed by atoms with van der Waals surface area (Å²) in [7, 11) is 0. The van der Waals surface area contributed by atoms with E-state index < -0.39 is 6.04 Å². The highest BCUT2D eigenvalue weighted by Crippen LogP contribution is 2.13. The fourth-order valence-electron chi connectivity index (χ4n) is 1.45. The molecule has 0 aliphatic carbocycles. The van der Waals surface area contributed by atoms with E-state index in [1.165, 1.54) is 0 Å². The van der Waals surface area contributed by atoms with Gasteiger partial charge in [-0.2, -0.15) is 0 Å². The molecule has 0 saturated carbocycles. The maximum Gasteiger partial charge on any atom is 0.241 e. The van der Waals surface area contributed by atoms with Gasteiger partial charge in [-0.3, -0.25) is 4.79 Å². The predicted octanol–water partition coefficient (Wildman–Crippen LogP) is 1.21. The highest BCUT2D eigenvalue weighted by molar-refractivity contribution is 5.94. The van der Waals surface area contributed by atoms with Gasteiger partial charge in [-0.1, -0.05) is 0 Å². The molecule has 1 amide bonds. The van der Waals surface area contributed by atoms with Crippen LogP contribution in [0.25, 0.3) is 0 Å². The third kappa shape index (κ3) is 3.71. The molecule has 0 aliphatic heterocycles. The second-order valence-electron chi connectivity index (χ2n) is 3.86. The lowest BCUT2D eigenvalue weighted by molar-refractivity contribution is -0.117. The Balaban J connectivity index is 2.71. The van der Waals surface area contributed by atoms with E-state index in [1.807, 2.05) is 12.1 Å². The van der Waals surface area contributed by atoms with Crippen molar-refractivity contribution in [2.45, 2.75) is 26.8 Å². The number of nitrogens with zero attached hydrogens (tertiary/aromatic N) is 2. The summed E-state index contributed by atoms with van der Waals surface area (Å²) in [5, 5.41) is 2.70. The molecule has 0 aromatic carbocycles. The first-order chi connectivity index (χ1) is 8.08.